The Morgan fingerprint density at radius 2 is 2.06 bits per heavy atom. The molecule has 98 valence electrons. The largest absolute Gasteiger partial charge is 0.496 e. The number of benzene rings is 1. The van der Waals surface area contributed by atoms with Crippen molar-refractivity contribution in [2.45, 2.75) is 6.54 Å². The summed E-state index contributed by atoms with van der Waals surface area (Å²) in [6, 6.07) is 5.87. The average Bonchev–Trinajstić information content (AvgIpc) is 2.92. The molecule has 2 aliphatic heterocycles. The molecule has 2 atom stereocenters. The van der Waals surface area contributed by atoms with Crippen molar-refractivity contribution in [1.82, 2.24) is 10.2 Å². The van der Waals surface area contributed by atoms with Crippen LogP contribution in [0.5, 0.6) is 5.75 Å². The first-order valence-corrected chi connectivity index (χ1v) is 6.90. The van der Waals surface area contributed by atoms with Crippen molar-refractivity contribution in [3.05, 3.63) is 28.8 Å². The number of hydrogen-bond acceptors (Lipinski definition) is 3. The van der Waals surface area contributed by atoms with Crippen LogP contribution < -0.4 is 10.1 Å². The number of nitrogens with zero attached hydrogens (tertiary/aromatic N) is 1. The minimum Gasteiger partial charge on any atom is -0.496 e. The highest BCUT2D eigenvalue weighted by atomic mass is 35.5. The quantitative estimate of drug-likeness (QED) is 0.906. The zero-order valence-electron chi connectivity index (χ0n) is 10.7. The van der Waals surface area contributed by atoms with Gasteiger partial charge in [-0.1, -0.05) is 17.7 Å². The molecule has 1 N–H and O–H groups in total. The third kappa shape index (κ3) is 2.22. The van der Waals surface area contributed by atoms with Crippen LogP contribution in [0.3, 0.4) is 0 Å². The van der Waals surface area contributed by atoms with Gasteiger partial charge in [-0.3, -0.25) is 4.90 Å². The molecule has 1 aromatic rings. The number of nitrogens with one attached hydrogen (secondary N) is 1. The predicted molar refractivity (Wildman–Crippen MR) is 73.1 cm³/mol. The summed E-state index contributed by atoms with van der Waals surface area (Å²) >= 11 is 6.29. The molecule has 0 amide bonds. The van der Waals surface area contributed by atoms with Gasteiger partial charge in [0.1, 0.15) is 5.75 Å². The molecule has 2 aliphatic rings. The fourth-order valence-corrected chi connectivity index (χ4v) is 3.41. The Balaban J connectivity index is 1.73. The van der Waals surface area contributed by atoms with Crippen LogP contribution in [0.15, 0.2) is 18.2 Å². The third-order valence-corrected chi connectivity index (χ3v) is 4.50. The molecule has 2 unspecified atom stereocenters. The smallest absolute Gasteiger partial charge is 0.124 e. The van der Waals surface area contributed by atoms with Crippen LogP contribution in [0.4, 0.5) is 0 Å². The van der Waals surface area contributed by atoms with Crippen LogP contribution in [0.1, 0.15) is 5.56 Å². The second-order valence-electron chi connectivity index (χ2n) is 5.29. The van der Waals surface area contributed by atoms with Crippen molar-refractivity contribution in [2.24, 2.45) is 11.8 Å². The van der Waals surface area contributed by atoms with E-state index in [-0.39, 0.29) is 0 Å². The van der Waals surface area contributed by atoms with Gasteiger partial charge in [0.2, 0.25) is 0 Å². The van der Waals surface area contributed by atoms with Gasteiger partial charge in [-0.2, -0.15) is 0 Å². The number of halogens is 1. The molecule has 0 aliphatic carbocycles. The number of methoxy groups -OCH3 is 1. The fourth-order valence-electron chi connectivity index (χ4n) is 3.19. The van der Waals surface area contributed by atoms with Crippen molar-refractivity contribution in [3.63, 3.8) is 0 Å². The molecule has 2 saturated heterocycles. The zero-order valence-corrected chi connectivity index (χ0v) is 11.4. The third-order valence-electron chi connectivity index (χ3n) is 4.14. The average molecular weight is 267 g/mol. The van der Waals surface area contributed by atoms with E-state index in [0.29, 0.717) is 0 Å². The summed E-state index contributed by atoms with van der Waals surface area (Å²) in [6.07, 6.45) is 0. The van der Waals surface area contributed by atoms with E-state index in [1.54, 1.807) is 7.11 Å². The highest BCUT2D eigenvalue weighted by Crippen LogP contribution is 2.32. The number of hydrogen-bond donors (Lipinski definition) is 1. The molecular weight excluding hydrogens is 248 g/mol. The standard InChI is InChI=1S/C14H19ClN2O/c1-18-14-4-2-3-13(15)12(14)9-17-7-10-5-16-6-11(10)8-17/h2-4,10-11,16H,5-9H2,1H3. The summed E-state index contributed by atoms with van der Waals surface area (Å²) in [5.41, 5.74) is 1.12. The van der Waals surface area contributed by atoms with Gasteiger partial charge in [0.05, 0.1) is 7.11 Å². The summed E-state index contributed by atoms with van der Waals surface area (Å²) in [5.74, 6) is 2.54. The molecule has 1 aromatic carbocycles. The molecule has 0 radical (unpaired) electrons. The molecule has 2 heterocycles. The number of likely N-dealkylation sites (tertiary alicyclic amines) is 1. The van der Waals surface area contributed by atoms with Gasteiger partial charge in [0.15, 0.2) is 0 Å². The van der Waals surface area contributed by atoms with Gasteiger partial charge in [-0.25, -0.2) is 0 Å². The van der Waals surface area contributed by atoms with Crippen LogP contribution in [-0.2, 0) is 6.54 Å². The van der Waals surface area contributed by atoms with Gasteiger partial charge in [0.25, 0.3) is 0 Å². The van der Waals surface area contributed by atoms with Gasteiger partial charge in [-0.15, -0.1) is 0 Å². The lowest BCUT2D eigenvalue weighted by molar-refractivity contribution is 0.298. The Hall–Kier alpha value is -0.770. The Morgan fingerprint density at radius 1 is 1.33 bits per heavy atom. The molecule has 0 spiro atoms. The predicted octanol–water partition coefficient (Wildman–Crippen LogP) is 2.00. The highest BCUT2D eigenvalue weighted by molar-refractivity contribution is 6.31. The van der Waals surface area contributed by atoms with Crippen molar-refractivity contribution in [1.29, 1.82) is 0 Å². The van der Waals surface area contributed by atoms with Crippen LogP contribution in [0.2, 0.25) is 5.02 Å². The molecule has 0 aromatic heterocycles. The van der Waals surface area contributed by atoms with Gasteiger partial charge in [0, 0.05) is 30.2 Å². The van der Waals surface area contributed by atoms with Crippen molar-refractivity contribution < 1.29 is 4.74 Å². The SMILES string of the molecule is COc1cccc(Cl)c1CN1CC2CNCC2C1. The lowest BCUT2D eigenvalue weighted by atomic mass is 10.0. The van der Waals surface area contributed by atoms with E-state index in [1.807, 2.05) is 18.2 Å². The zero-order chi connectivity index (χ0) is 12.5. The van der Waals surface area contributed by atoms with E-state index in [1.165, 1.54) is 26.2 Å². The van der Waals surface area contributed by atoms with E-state index in [0.717, 1.165) is 34.7 Å². The summed E-state index contributed by atoms with van der Waals surface area (Å²) in [6.45, 7) is 5.58. The normalized spacial score (nSPS) is 27.4. The van der Waals surface area contributed by atoms with E-state index in [2.05, 4.69) is 10.2 Å². The molecule has 2 fully saturated rings. The summed E-state index contributed by atoms with van der Waals surface area (Å²) in [5, 5.41) is 4.27. The topological polar surface area (TPSA) is 24.5 Å². The van der Waals surface area contributed by atoms with E-state index < -0.39 is 0 Å². The molecule has 4 heteroatoms. The lowest BCUT2D eigenvalue weighted by Crippen LogP contribution is -2.25. The second kappa shape index (κ2) is 5.08. The number of ether oxygens (including phenoxy) is 1. The molecule has 3 rings (SSSR count). The first-order chi connectivity index (χ1) is 8.78. The highest BCUT2D eigenvalue weighted by Gasteiger charge is 2.36. The van der Waals surface area contributed by atoms with E-state index >= 15 is 0 Å². The maximum Gasteiger partial charge on any atom is 0.124 e. The summed E-state index contributed by atoms with van der Waals surface area (Å²) < 4.78 is 5.41. The van der Waals surface area contributed by atoms with E-state index in [9.17, 15) is 0 Å². The first-order valence-electron chi connectivity index (χ1n) is 6.52. The summed E-state index contributed by atoms with van der Waals surface area (Å²) in [7, 11) is 1.71. The Bertz CT molecular complexity index is 426. The molecule has 3 nitrogen and oxygen atoms in total. The van der Waals surface area contributed by atoms with Crippen molar-refractivity contribution >= 4 is 11.6 Å². The molecule has 0 saturated carbocycles. The van der Waals surface area contributed by atoms with Crippen LogP contribution in [0.25, 0.3) is 0 Å². The Morgan fingerprint density at radius 3 is 2.72 bits per heavy atom. The minimum absolute atomic E-state index is 0.810. The van der Waals surface area contributed by atoms with Gasteiger partial charge >= 0.3 is 0 Å². The van der Waals surface area contributed by atoms with Gasteiger partial charge in [-0.05, 0) is 37.1 Å². The minimum atomic E-state index is 0.810. The van der Waals surface area contributed by atoms with Crippen molar-refractivity contribution in [3.8, 4) is 5.75 Å². The number of fused-ring (bicyclic) bond motifs is 1. The maximum absolute atomic E-state index is 6.29. The number of rotatable bonds is 3. The fraction of sp³-hybridized carbons (Fsp3) is 0.571. The lowest BCUT2D eigenvalue weighted by Gasteiger charge is -2.19. The second-order valence-corrected chi connectivity index (χ2v) is 5.70. The van der Waals surface area contributed by atoms with Crippen LogP contribution in [0, 0.1) is 11.8 Å². The summed E-state index contributed by atoms with van der Waals surface area (Å²) in [4.78, 5) is 2.50. The molecular formula is C14H19ClN2O. The molecule has 0 bridgehead atoms. The molecule has 18 heavy (non-hydrogen) atoms. The van der Waals surface area contributed by atoms with Gasteiger partial charge < -0.3 is 10.1 Å². The van der Waals surface area contributed by atoms with Crippen molar-refractivity contribution in [2.75, 3.05) is 33.3 Å². The van der Waals surface area contributed by atoms with Crippen LogP contribution in [-0.4, -0.2) is 38.2 Å². The Labute approximate surface area is 113 Å². The monoisotopic (exact) mass is 266 g/mol. The first kappa shape index (κ1) is 12.3. The maximum atomic E-state index is 6.29. The Kier molecular flexibility index (Phi) is 3.46. The van der Waals surface area contributed by atoms with Crippen LogP contribution >= 0.6 is 11.6 Å². The van der Waals surface area contributed by atoms with E-state index in [4.69, 9.17) is 16.3 Å².